The van der Waals surface area contributed by atoms with Crippen molar-refractivity contribution < 1.29 is 23.5 Å². The van der Waals surface area contributed by atoms with Crippen LogP contribution in [0.2, 0.25) is 18.2 Å². The molecule has 0 fully saturated rings. The molecule has 0 saturated carbocycles. The topological polar surface area (TPSA) is 112 Å². The molecule has 40 heavy (non-hydrogen) atoms. The Morgan fingerprint density at radius 1 is 1.20 bits per heavy atom. The highest BCUT2D eigenvalue weighted by molar-refractivity contribution is 6.30. The highest BCUT2D eigenvalue weighted by Crippen LogP contribution is 2.35. The van der Waals surface area contributed by atoms with Gasteiger partial charge >= 0.3 is 6.09 Å². The average Bonchev–Trinajstić information content (AvgIpc) is 3.41. The summed E-state index contributed by atoms with van der Waals surface area (Å²) in [5.41, 5.74) is 2.56. The summed E-state index contributed by atoms with van der Waals surface area (Å²) >= 11 is 6.54. The summed E-state index contributed by atoms with van der Waals surface area (Å²) in [6.45, 7) is 13.0. The third kappa shape index (κ3) is 7.49. The lowest BCUT2D eigenvalue weighted by Crippen LogP contribution is -2.48. The molecule has 13 heteroatoms. The number of benzene rings is 1. The minimum atomic E-state index is -1.01. The molecule has 1 N–H and O–H groups in total. The van der Waals surface area contributed by atoms with E-state index in [0.717, 1.165) is 22.5 Å². The molecule has 0 saturated heterocycles. The average molecular weight is 602 g/mol. The van der Waals surface area contributed by atoms with Gasteiger partial charge in [0.05, 0.1) is 18.0 Å². The van der Waals surface area contributed by atoms with Crippen molar-refractivity contribution in [3.8, 4) is 28.5 Å². The monoisotopic (exact) mass is 601 g/mol. The molecule has 10 nitrogen and oxygen atoms in total. The van der Waals surface area contributed by atoms with Crippen LogP contribution in [0.1, 0.15) is 26.3 Å². The van der Waals surface area contributed by atoms with E-state index < -0.39 is 17.8 Å². The summed E-state index contributed by atoms with van der Waals surface area (Å²) in [6.07, 6.45) is 0.230. The maximum absolute atomic E-state index is 11.7. The van der Waals surface area contributed by atoms with E-state index in [1.807, 2.05) is 75.8 Å². The number of aromatic nitrogens is 4. The van der Waals surface area contributed by atoms with Gasteiger partial charge in [-0.1, -0.05) is 37.6 Å². The van der Waals surface area contributed by atoms with Gasteiger partial charge in [0.25, 0.3) is 0 Å². The molecule has 3 rings (SSSR count). The van der Waals surface area contributed by atoms with Crippen LogP contribution in [0.15, 0.2) is 36.5 Å². The summed E-state index contributed by atoms with van der Waals surface area (Å²) < 4.78 is 20.0. The lowest BCUT2D eigenvalue weighted by Gasteiger charge is -2.41. The second-order valence-electron chi connectivity index (χ2n) is 9.84. The zero-order chi connectivity index (χ0) is 29.4. The molecule has 0 aliphatic rings. The Balaban J connectivity index is 1.90. The number of hydrogen-bond acceptors (Lipinski definition) is 7. The van der Waals surface area contributed by atoms with E-state index in [9.17, 15) is 9.90 Å². The quantitative estimate of drug-likeness (QED) is 0.150. The van der Waals surface area contributed by atoms with E-state index in [2.05, 4.69) is 10.1 Å². The minimum Gasteiger partial charge on any atom is -0.493 e. The van der Waals surface area contributed by atoms with Crippen molar-refractivity contribution in [3.63, 3.8) is 0 Å². The summed E-state index contributed by atoms with van der Waals surface area (Å²) in [5, 5.41) is 14.3. The van der Waals surface area contributed by atoms with E-state index in [1.54, 1.807) is 13.2 Å². The Morgan fingerprint density at radius 2 is 1.90 bits per heavy atom. The highest BCUT2D eigenvalue weighted by atomic mass is 35.5. The minimum absolute atomic E-state index is 0.228. The van der Waals surface area contributed by atoms with Gasteiger partial charge in [-0.05, 0) is 45.1 Å². The predicted molar refractivity (Wildman–Crippen MR) is 157 cm³/mol. The number of hydrogen-bond donors (Lipinski definition) is 1. The first kappa shape index (κ1) is 31.7. The Hall–Kier alpha value is -2.78. The number of carboxylic acid groups (broad SMARTS) is 1. The summed E-state index contributed by atoms with van der Waals surface area (Å²) in [4.78, 5) is 22.3. The van der Waals surface area contributed by atoms with Gasteiger partial charge in [-0.3, -0.25) is 4.68 Å². The van der Waals surface area contributed by atoms with Gasteiger partial charge in [-0.2, -0.15) is 5.10 Å². The lowest BCUT2D eigenvalue weighted by atomic mass is 9.78. The smallest absolute Gasteiger partial charge is 0.407 e. The van der Waals surface area contributed by atoms with Crippen molar-refractivity contribution in [2.24, 2.45) is 11.3 Å². The van der Waals surface area contributed by atoms with Crippen LogP contribution in [0, 0.1) is 18.3 Å². The van der Waals surface area contributed by atoms with Gasteiger partial charge in [-0.25, -0.2) is 14.8 Å². The summed E-state index contributed by atoms with van der Waals surface area (Å²) in [7, 11) is 2.00. The van der Waals surface area contributed by atoms with Crippen molar-refractivity contribution in [1.29, 1.82) is 0 Å². The lowest BCUT2D eigenvalue weighted by molar-refractivity contribution is -0.114. The number of aryl methyl sites for hydroxylation is 1. The summed E-state index contributed by atoms with van der Waals surface area (Å²) in [6, 6.07) is 9.39. The van der Waals surface area contributed by atoms with Crippen molar-refractivity contribution in [2.45, 2.75) is 53.6 Å². The second-order valence-corrected chi connectivity index (χ2v) is 11.5. The van der Waals surface area contributed by atoms with Crippen molar-refractivity contribution in [1.82, 2.24) is 24.6 Å². The normalized spacial score (nSPS) is 12.5. The van der Waals surface area contributed by atoms with Gasteiger partial charge in [-0.15, -0.1) is 0 Å². The van der Waals surface area contributed by atoms with Crippen LogP contribution in [0.4, 0.5) is 4.79 Å². The number of halogens is 1. The van der Waals surface area contributed by atoms with Crippen LogP contribution in [0.25, 0.3) is 22.8 Å². The molecule has 0 spiro atoms. The molecule has 0 bridgehead atoms. The Bertz CT molecular complexity index is 1290. The van der Waals surface area contributed by atoms with Crippen LogP contribution in [-0.2, 0) is 15.4 Å². The number of rotatable bonds is 14. The largest absolute Gasteiger partial charge is 0.493 e. The molecule has 3 aromatic rings. The number of amides is 1. The molecule has 1 atom stereocenters. The van der Waals surface area contributed by atoms with E-state index in [1.165, 1.54) is 4.90 Å². The molecule has 2 heterocycles. The number of carbonyl (C=O) groups is 1. The van der Waals surface area contributed by atoms with Crippen LogP contribution in [0.5, 0.6) is 5.75 Å². The molecular formula is C27H36ClN5O5Si2. The molecule has 0 unspecified atom stereocenters. The SMILES string of the molecule is CCn1nccc1-c1nc(-c2cccc(OC[C@H](CN(C)C(=O)O)C(C)(C)C(O[Si]C)O[Si]C)c2)nc(Cl)c1C. The first-order valence-corrected chi connectivity index (χ1v) is 16.1. The molecule has 0 aliphatic carbocycles. The number of nitrogens with zero attached hydrogens (tertiary/aromatic N) is 5. The fourth-order valence-electron chi connectivity index (χ4n) is 4.22. The van der Waals surface area contributed by atoms with Crippen LogP contribution in [-0.4, -0.2) is 81.9 Å². The molecule has 4 radical (unpaired) electrons. The molecule has 1 aromatic carbocycles. The first-order chi connectivity index (χ1) is 19.0. The van der Waals surface area contributed by atoms with Gasteiger partial charge in [0.2, 0.25) is 19.5 Å². The van der Waals surface area contributed by atoms with Crippen molar-refractivity contribution >= 4 is 37.2 Å². The van der Waals surface area contributed by atoms with E-state index in [0.29, 0.717) is 23.3 Å². The molecular weight excluding hydrogens is 566 g/mol. The van der Waals surface area contributed by atoms with E-state index in [-0.39, 0.29) is 38.6 Å². The Morgan fingerprint density at radius 3 is 2.52 bits per heavy atom. The van der Waals surface area contributed by atoms with E-state index >= 15 is 0 Å². The van der Waals surface area contributed by atoms with Gasteiger partial charge in [0.15, 0.2) is 5.82 Å². The van der Waals surface area contributed by atoms with Crippen LogP contribution < -0.4 is 4.74 Å². The third-order valence-electron chi connectivity index (χ3n) is 6.82. The second kappa shape index (κ2) is 14.2. The molecule has 1 amide bonds. The molecule has 0 aliphatic heterocycles. The number of ether oxygens (including phenoxy) is 1. The van der Waals surface area contributed by atoms with Gasteiger partial charge < -0.3 is 23.6 Å². The third-order valence-corrected chi connectivity index (χ3v) is 8.09. The molecule has 2 aromatic heterocycles. The summed E-state index contributed by atoms with van der Waals surface area (Å²) in [5.74, 6) is 0.836. The maximum Gasteiger partial charge on any atom is 0.407 e. The fourth-order valence-corrected chi connectivity index (χ4v) is 5.62. The fraction of sp³-hybridized carbons (Fsp3) is 0.481. The zero-order valence-corrected chi connectivity index (χ0v) is 26.7. The maximum atomic E-state index is 11.7. The first-order valence-electron chi connectivity index (χ1n) is 12.9. The molecule has 214 valence electrons. The van der Waals surface area contributed by atoms with E-state index in [4.69, 9.17) is 30.2 Å². The van der Waals surface area contributed by atoms with Crippen molar-refractivity contribution in [2.75, 3.05) is 20.2 Å². The Kier molecular flexibility index (Phi) is 11.3. The highest BCUT2D eigenvalue weighted by Gasteiger charge is 2.40. The standard InChI is InChI=1S/C27H36ClN5O5Si2/c1-8-33-21(12-13-29-33)22-17(2)23(28)31-24(30-22)18-10-9-11-20(14-18)36-16-19(15-32(5)26(34)35)27(3,4)25(37-39-6)38-40-7/h9-14,19,25H,8,15-16H2,1-7H3,(H,34,35)/t19-/m0/s1. The van der Waals surface area contributed by atoms with Crippen molar-refractivity contribution in [3.05, 3.63) is 47.2 Å². The van der Waals surface area contributed by atoms with Gasteiger partial charge in [0.1, 0.15) is 17.2 Å². The Labute approximate surface area is 245 Å². The van der Waals surface area contributed by atoms with Crippen LogP contribution in [0.3, 0.4) is 0 Å². The predicted octanol–water partition coefficient (Wildman–Crippen LogP) is 5.31. The van der Waals surface area contributed by atoms with Gasteiger partial charge in [0, 0.05) is 48.8 Å². The van der Waals surface area contributed by atoms with Crippen LogP contribution >= 0.6 is 11.6 Å². The zero-order valence-electron chi connectivity index (χ0n) is 23.9.